The van der Waals surface area contributed by atoms with Crippen molar-refractivity contribution in [2.24, 2.45) is 0 Å². The Bertz CT molecular complexity index is 1160. The monoisotopic (exact) mass is 365 g/mol. The Morgan fingerprint density at radius 3 is 2.56 bits per heavy atom. The summed E-state index contributed by atoms with van der Waals surface area (Å²) in [4.78, 5) is 40.7. The summed E-state index contributed by atoms with van der Waals surface area (Å²) in [6, 6.07) is 12.2. The highest BCUT2D eigenvalue weighted by atomic mass is 16.5. The zero-order chi connectivity index (χ0) is 19.2. The van der Waals surface area contributed by atoms with E-state index in [-0.39, 0.29) is 11.9 Å². The number of para-hydroxylation sites is 1. The van der Waals surface area contributed by atoms with E-state index >= 15 is 0 Å². The second-order valence-corrected chi connectivity index (χ2v) is 7.30. The van der Waals surface area contributed by atoms with Gasteiger partial charge in [-0.25, -0.2) is 0 Å². The standard InChI is InChI=1S/C20H19N3O4/c1-20(2)10-15(12-5-3-4-6-16(12)27-20)23-17(24)11-7-8-13-14(9-11)22-19(26)18(25)21-13/h3-9,15H,10H2,1-2H3,(H,21,25)(H,22,26)(H,23,24)/t15-/m1/s1. The van der Waals surface area contributed by atoms with E-state index in [9.17, 15) is 14.4 Å². The van der Waals surface area contributed by atoms with Crippen molar-refractivity contribution in [2.45, 2.75) is 31.9 Å². The Balaban J connectivity index is 1.66. The molecule has 0 aliphatic carbocycles. The summed E-state index contributed by atoms with van der Waals surface area (Å²) in [6.45, 7) is 3.97. The van der Waals surface area contributed by atoms with Crippen molar-refractivity contribution >= 4 is 16.9 Å². The lowest BCUT2D eigenvalue weighted by molar-refractivity contribution is 0.0620. The van der Waals surface area contributed by atoms with Crippen LogP contribution in [-0.2, 0) is 0 Å². The first-order chi connectivity index (χ1) is 12.8. The lowest BCUT2D eigenvalue weighted by Gasteiger charge is -2.37. The molecule has 27 heavy (non-hydrogen) atoms. The molecule has 7 nitrogen and oxygen atoms in total. The summed E-state index contributed by atoms with van der Waals surface area (Å²) < 4.78 is 5.99. The third-order valence-corrected chi connectivity index (χ3v) is 4.67. The van der Waals surface area contributed by atoms with Crippen LogP contribution in [0.2, 0.25) is 0 Å². The van der Waals surface area contributed by atoms with Gasteiger partial charge >= 0.3 is 11.1 Å². The molecule has 0 saturated carbocycles. The number of aromatic amines is 2. The Labute approximate surface area is 154 Å². The Morgan fingerprint density at radius 1 is 1.07 bits per heavy atom. The summed E-state index contributed by atoms with van der Waals surface area (Å²) in [7, 11) is 0. The molecule has 3 aromatic rings. The fourth-order valence-corrected chi connectivity index (χ4v) is 3.43. The van der Waals surface area contributed by atoms with E-state index in [4.69, 9.17) is 4.74 Å². The van der Waals surface area contributed by atoms with Gasteiger partial charge in [-0.1, -0.05) is 18.2 Å². The third-order valence-electron chi connectivity index (χ3n) is 4.67. The summed E-state index contributed by atoms with van der Waals surface area (Å²) >= 11 is 0. The number of hydrogen-bond acceptors (Lipinski definition) is 4. The van der Waals surface area contributed by atoms with Crippen molar-refractivity contribution in [3.05, 3.63) is 74.3 Å². The van der Waals surface area contributed by atoms with Crippen LogP contribution in [0.5, 0.6) is 5.75 Å². The Morgan fingerprint density at radius 2 is 1.78 bits per heavy atom. The average molecular weight is 365 g/mol. The number of nitrogens with one attached hydrogen (secondary N) is 3. The van der Waals surface area contributed by atoms with E-state index in [1.54, 1.807) is 18.2 Å². The van der Waals surface area contributed by atoms with Crippen molar-refractivity contribution in [3.63, 3.8) is 0 Å². The molecule has 1 aliphatic heterocycles. The first-order valence-electron chi connectivity index (χ1n) is 8.68. The molecule has 138 valence electrons. The molecular formula is C20H19N3O4. The molecule has 0 fully saturated rings. The minimum Gasteiger partial charge on any atom is -0.487 e. The van der Waals surface area contributed by atoms with Crippen LogP contribution in [0.1, 0.15) is 42.2 Å². The quantitative estimate of drug-likeness (QED) is 0.606. The van der Waals surface area contributed by atoms with Crippen molar-refractivity contribution < 1.29 is 9.53 Å². The summed E-state index contributed by atoms with van der Waals surface area (Å²) in [5, 5.41) is 3.05. The SMILES string of the molecule is CC1(C)C[C@@H](NC(=O)c2ccc3[nH]c(=O)c(=O)[nH]c3c2)c2ccccc2O1. The van der Waals surface area contributed by atoms with Gasteiger partial charge in [0.1, 0.15) is 11.4 Å². The maximum Gasteiger partial charge on any atom is 0.314 e. The molecule has 1 aliphatic rings. The highest BCUT2D eigenvalue weighted by molar-refractivity contribution is 5.97. The van der Waals surface area contributed by atoms with E-state index in [1.165, 1.54) is 0 Å². The Hall–Kier alpha value is -3.35. The molecule has 2 aromatic carbocycles. The van der Waals surface area contributed by atoms with Gasteiger partial charge in [0.2, 0.25) is 0 Å². The number of carbonyl (C=O) groups is 1. The maximum atomic E-state index is 12.8. The lowest BCUT2D eigenvalue weighted by Crippen LogP contribution is -2.41. The number of aromatic nitrogens is 2. The molecule has 1 atom stereocenters. The van der Waals surface area contributed by atoms with Gasteiger partial charge in [-0.2, -0.15) is 0 Å². The number of hydrogen-bond donors (Lipinski definition) is 3. The van der Waals surface area contributed by atoms with E-state index in [0.29, 0.717) is 23.0 Å². The zero-order valence-corrected chi connectivity index (χ0v) is 15.0. The minimum atomic E-state index is -0.750. The van der Waals surface area contributed by atoms with Gasteiger partial charge in [0, 0.05) is 17.5 Å². The van der Waals surface area contributed by atoms with Crippen molar-refractivity contribution in [2.75, 3.05) is 0 Å². The molecule has 1 aromatic heterocycles. The van der Waals surface area contributed by atoms with Crippen LogP contribution in [0.25, 0.3) is 11.0 Å². The van der Waals surface area contributed by atoms with Gasteiger partial charge in [-0.15, -0.1) is 0 Å². The highest BCUT2D eigenvalue weighted by Crippen LogP contribution is 2.39. The van der Waals surface area contributed by atoms with E-state index in [0.717, 1.165) is 11.3 Å². The molecule has 0 spiro atoms. The van der Waals surface area contributed by atoms with Crippen LogP contribution in [0.15, 0.2) is 52.1 Å². The second-order valence-electron chi connectivity index (χ2n) is 7.30. The number of benzene rings is 2. The van der Waals surface area contributed by atoms with Crippen LogP contribution in [0, 0.1) is 0 Å². The predicted molar refractivity (Wildman–Crippen MR) is 101 cm³/mol. The van der Waals surface area contributed by atoms with Crippen LogP contribution in [0.3, 0.4) is 0 Å². The molecule has 7 heteroatoms. The second kappa shape index (κ2) is 6.12. The van der Waals surface area contributed by atoms with Gasteiger partial charge in [-0.05, 0) is 38.1 Å². The molecule has 1 amide bonds. The van der Waals surface area contributed by atoms with Crippen molar-refractivity contribution in [3.8, 4) is 5.75 Å². The smallest absolute Gasteiger partial charge is 0.314 e. The van der Waals surface area contributed by atoms with Gasteiger partial charge in [-0.3, -0.25) is 14.4 Å². The van der Waals surface area contributed by atoms with E-state index in [1.807, 2.05) is 38.1 Å². The number of carbonyl (C=O) groups excluding carboxylic acids is 1. The molecule has 3 N–H and O–H groups in total. The molecular weight excluding hydrogens is 346 g/mol. The van der Waals surface area contributed by atoms with Crippen LogP contribution < -0.4 is 21.2 Å². The average Bonchev–Trinajstić information content (AvgIpc) is 2.61. The lowest BCUT2D eigenvalue weighted by atomic mass is 9.89. The largest absolute Gasteiger partial charge is 0.487 e. The van der Waals surface area contributed by atoms with Crippen LogP contribution >= 0.6 is 0 Å². The van der Waals surface area contributed by atoms with Crippen molar-refractivity contribution in [1.29, 1.82) is 0 Å². The number of amides is 1. The number of H-pyrrole nitrogens is 2. The number of rotatable bonds is 2. The number of ether oxygens (including phenoxy) is 1. The molecule has 0 radical (unpaired) electrons. The molecule has 0 unspecified atom stereocenters. The van der Waals surface area contributed by atoms with Gasteiger partial charge in [0.05, 0.1) is 17.1 Å². The van der Waals surface area contributed by atoms with E-state index in [2.05, 4.69) is 15.3 Å². The molecule has 0 bridgehead atoms. The molecule has 4 rings (SSSR count). The normalized spacial score (nSPS) is 17.8. The fraction of sp³-hybridized carbons (Fsp3) is 0.250. The van der Waals surface area contributed by atoms with E-state index < -0.39 is 16.7 Å². The summed E-state index contributed by atoms with van der Waals surface area (Å²) in [5.74, 6) is 0.501. The molecule has 2 heterocycles. The topological polar surface area (TPSA) is 104 Å². The summed E-state index contributed by atoms with van der Waals surface area (Å²) in [5.41, 5.74) is 0.325. The van der Waals surface area contributed by atoms with Gasteiger partial charge in [0.15, 0.2) is 0 Å². The van der Waals surface area contributed by atoms with Crippen LogP contribution in [-0.4, -0.2) is 21.5 Å². The third kappa shape index (κ3) is 3.23. The van der Waals surface area contributed by atoms with Crippen molar-refractivity contribution in [1.82, 2.24) is 15.3 Å². The van der Waals surface area contributed by atoms with Crippen LogP contribution in [0.4, 0.5) is 0 Å². The zero-order valence-electron chi connectivity index (χ0n) is 15.0. The number of fused-ring (bicyclic) bond motifs is 2. The molecule has 0 saturated heterocycles. The minimum absolute atomic E-state index is 0.192. The maximum absolute atomic E-state index is 12.8. The Kier molecular flexibility index (Phi) is 3.87. The van der Waals surface area contributed by atoms with Gasteiger partial charge < -0.3 is 20.0 Å². The fourth-order valence-electron chi connectivity index (χ4n) is 3.43. The van der Waals surface area contributed by atoms with Gasteiger partial charge in [0.25, 0.3) is 5.91 Å². The first kappa shape index (κ1) is 17.1. The predicted octanol–water partition coefficient (Wildman–Crippen LogP) is 2.25. The summed E-state index contributed by atoms with van der Waals surface area (Å²) in [6.07, 6.45) is 0.632. The first-order valence-corrected chi connectivity index (χ1v) is 8.68. The highest BCUT2D eigenvalue weighted by Gasteiger charge is 2.34.